The summed E-state index contributed by atoms with van der Waals surface area (Å²) in [5.74, 6) is -1.16. The molecule has 1 aliphatic heterocycles. The van der Waals surface area contributed by atoms with Crippen LogP contribution in [0.3, 0.4) is 0 Å². The van der Waals surface area contributed by atoms with Gasteiger partial charge in [0.1, 0.15) is 12.2 Å². The van der Waals surface area contributed by atoms with Crippen LogP contribution in [0.4, 0.5) is 0 Å². The van der Waals surface area contributed by atoms with E-state index in [1.807, 2.05) is 36.4 Å². The summed E-state index contributed by atoms with van der Waals surface area (Å²) >= 11 is 0. The molecular formula is C21H23NO3. The fourth-order valence-corrected chi connectivity index (χ4v) is 4.04. The van der Waals surface area contributed by atoms with Crippen LogP contribution in [0.2, 0.25) is 0 Å². The van der Waals surface area contributed by atoms with E-state index < -0.39 is 5.79 Å². The molecule has 25 heavy (non-hydrogen) atoms. The fraction of sp³-hybridized carbons (Fsp3) is 0.381. The Morgan fingerprint density at radius 3 is 1.92 bits per heavy atom. The lowest BCUT2D eigenvalue weighted by Gasteiger charge is -2.35. The van der Waals surface area contributed by atoms with Crippen molar-refractivity contribution in [1.29, 1.82) is 0 Å². The number of carbonyl (C=O) groups excluding carboxylic acids is 1. The second-order valence-electron chi connectivity index (χ2n) is 7.00. The van der Waals surface area contributed by atoms with E-state index in [2.05, 4.69) is 24.3 Å². The smallest absolute Gasteiger partial charge is 0.220 e. The van der Waals surface area contributed by atoms with E-state index in [0.29, 0.717) is 6.42 Å². The first-order valence-electron chi connectivity index (χ1n) is 8.92. The standard InChI is InChI=1S/C21H23NO3/c22-20(23)17-12-7-13-21(14-17)24-18(15-8-3-1-4-9-15)19(25-21)16-10-5-2-6-11-16/h1-6,8-11,17-19H,7,12-14H2,(H2,22,23)/t17-,18+,19+/m0/s1. The molecule has 0 aromatic heterocycles. The lowest BCUT2D eigenvalue weighted by Crippen LogP contribution is -2.40. The maximum Gasteiger partial charge on any atom is 0.220 e. The summed E-state index contributed by atoms with van der Waals surface area (Å²) in [4.78, 5) is 11.7. The zero-order valence-electron chi connectivity index (χ0n) is 14.1. The van der Waals surface area contributed by atoms with Crippen LogP contribution in [-0.4, -0.2) is 11.7 Å². The molecule has 0 bridgehead atoms. The number of carbonyl (C=O) groups is 1. The first-order chi connectivity index (χ1) is 12.2. The van der Waals surface area contributed by atoms with E-state index in [-0.39, 0.29) is 24.0 Å². The topological polar surface area (TPSA) is 61.6 Å². The molecular weight excluding hydrogens is 314 g/mol. The van der Waals surface area contributed by atoms with E-state index in [0.717, 1.165) is 30.4 Å². The van der Waals surface area contributed by atoms with Gasteiger partial charge in [0.15, 0.2) is 5.79 Å². The molecule has 2 aromatic rings. The quantitative estimate of drug-likeness (QED) is 0.924. The van der Waals surface area contributed by atoms with Gasteiger partial charge in [-0.1, -0.05) is 60.7 Å². The normalized spacial score (nSPS) is 28.1. The van der Waals surface area contributed by atoms with Crippen molar-refractivity contribution in [2.24, 2.45) is 11.7 Å². The van der Waals surface area contributed by atoms with Crippen molar-refractivity contribution < 1.29 is 14.3 Å². The molecule has 4 heteroatoms. The highest BCUT2D eigenvalue weighted by Crippen LogP contribution is 2.52. The number of nitrogens with two attached hydrogens (primary N) is 1. The Hall–Kier alpha value is -2.17. The molecule has 2 aromatic carbocycles. The van der Waals surface area contributed by atoms with Gasteiger partial charge in [-0.05, 0) is 24.0 Å². The van der Waals surface area contributed by atoms with Gasteiger partial charge in [-0.15, -0.1) is 0 Å². The van der Waals surface area contributed by atoms with Gasteiger partial charge in [-0.3, -0.25) is 4.79 Å². The van der Waals surface area contributed by atoms with Gasteiger partial charge in [-0.2, -0.15) is 0 Å². The highest BCUT2D eigenvalue weighted by Gasteiger charge is 2.51. The lowest BCUT2D eigenvalue weighted by molar-refractivity contribution is -0.204. The summed E-state index contributed by atoms with van der Waals surface area (Å²) in [7, 11) is 0. The van der Waals surface area contributed by atoms with E-state index in [1.165, 1.54) is 0 Å². The van der Waals surface area contributed by atoms with E-state index in [1.54, 1.807) is 0 Å². The van der Waals surface area contributed by atoms with Gasteiger partial charge in [0, 0.05) is 18.8 Å². The minimum atomic E-state index is -0.723. The number of rotatable bonds is 3. The van der Waals surface area contributed by atoms with Crippen LogP contribution in [0.25, 0.3) is 0 Å². The molecule has 1 spiro atoms. The predicted octanol–water partition coefficient (Wildman–Crippen LogP) is 3.89. The Balaban J connectivity index is 1.68. The predicted molar refractivity (Wildman–Crippen MR) is 94.4 cm³/mol. The molecule has 2 N–H and O–H groups in total. The Morgan fingerprint density at radius 2 is 1.44 bits per heavy atom. The molecule has 1 amide bonds. The summed E-state index contributed by atoms with van der Waals surface area (Å²) in [6, 6.07) is 20.3. The Bertz CT molecular complexity index is 684. The fourth-order valence-electron chi connectivity index (χ4n) is 4.04. The Labute approximate surface area is 147 Å². The second kappa shape index (κ2) is 6.62. The van der Waals surface area contributed by atoms with Crippen LogP contribution in [0.15, 0.2) is 60.7 Å². The van der Waals surface area contributed by atoms with Crippen LogP contribution in [0, 0.1) is 5.92 Å². The number of ether oxygens (including phenoxy) is 2. The molecule has 130 valence electrons. The van der Waals surface area contributed by atoms with E-state index in [9.17, 15) is 4.79 Å². The van der Waals surface area contributed by atoms with Crippen LogP contribution >= 0.6 is 0 Å². The van der Waals surface area contributed by atoms with Gasteiger partial charge < -0.3 is 15.2 Å². The Kier molecular flexibility index (Phi) is 4.32. The molecule has 3 atom stereocenters. The SMILES string of the molecule is NC(=O)[C@H]1CCCC2(C1)O[C@H](c1ccccc1)[C@@H](c1ccccc1)O2. The third kappa shape index (κ3) is 3.20. The van der Waals surface area contributed by atoms with Gasteiger partial charge in [0.25, 0.3) is 0 Å². The van der Waals surface area contributed by atoms with Gasteiger partial charge in [-0.25, -0.2) is 0 Å². The summed E-state index contributed by atoms with van der Waals surface area (Å²) in [6.45, 7) is 0. The number of hydrogen-bond donors (Lipinski definition) is 1. The number of amides is 1. The maximum absolute atomic E-state index is 11.7. The van der Waals surface area contributed by atoms with Crippen LogP contribution in [0.5, 0.6) is 0 Å². The zero-order valence-corrected chi connectivity index (χ0v) is 14.1. The third-order valence-corrected chi connectivity index (χ3v) is 5.28. The molecule has 0 unspecified atom stereocenters. The van der Waals surface area contributed by atoms with Crippen molar-refractivity contribution >= 4 is 5.91 Å². The Morgan fingerprint density at radius 1 is 0.920 bits per heavy atom. The van der Waals surface area contributed by atoms with Crippen LogP contribution in [-0.2, 0) is 14.3 Å². The summed E-state index contributed by atoms with van der Waals surface area (Å²) in [5, 5.41) is 0. The van der Waals surface area contributed by atoms with Crippen molar-refractivity contribution in [2.75, 3.05) is 0 Å². The molecule has 2 fully saturated rings. The molecule has 1 aliphatic carbocycles. The minimum absolute atomic E-state index is 0.181. The average molecular weight is 337 g/mol. The molecule has 1 saturated carbocycles. The van der Waals surface area contributed by atoms with Crippen molar-refractivity contribution in [1.82, 2.24) is 0 Å². The number of primary amides is 1. The van der Waals surface area contributed by atoms with Crippen molar-refractivity contribution in [3.8, 4) is 0 Å². The summed E-state index contributed by atoms with van der Waals surface area (Å²) in [6.07, 6.45) is 2.66. The molecule has 1 saturated heterocycles. The molecule has 4 nitrogen and oxygen atoms in total. The van der Waals surface area contributed by atoms with Gasteiger partial charge in [0.2, 0.25) is 5.91 Å². The van der Waals surface area contributed by atoms with Crippen LogP contribution in [0.1, 0.15) is 49.0 Å². The number of hydrogen-bond acceptors (Lipinski definition) is 3. The first-order valence-corrected chi connectivity index (χ1v) is 8.92. The molecule has 2 aliphatic rings. The largest absolute Gasteiger partial charge is 0.369 e. The third-order valence-electron chi connectivity index (χ3n) is 5.28. The van der Waals surface area contributed by atoms with Crippen molar-refractivity contribution in [3.63, 3.8) is 0 Å². The van der Waals surface area contributed by atoms with E-state index >= 15 is 0 Å². The first kappa shape index (κ1) is 16.3. The van der Waals surface area contributed by atoms with Crippen molar-refractivity contribution in [2.45, 2.75) is 43.7 Å². The average Bonchev–Trinajstić information content (AvgIpc) is 3.02. The van der Waals surface area contributed by atoms with Gasteiger partial charge >= 0.3 is 0 Å². The van der Waals surface area contributed by atoms with E-state index in [4.69, 9.17) is 15.2 Å². The monoisotopic (exact) mass is 337 g/mol. The zero-order chi connectivity index (χ0) is 17.3. The molecule has 4 rings (SSSR count). The number of benzene rings is 2. The lowest BCUT2D eigenvalue weighted by atomic mass is 9.84. The summed E-state index contributed by atoms with van der Waals surface area (Å²) < 4.78 is 13.0. The summed E-state index contributed by atoms with van der Waals surface area (Å²) in [5.41, 5.74) is 7.74. The van der Waals surface area contributed by atoms with Crippen LogP contribution < -0.4 is 5.73 Å². The highest BCUT2D eigenvalue weighted by atomic mass is 16.8. The molecule has 1 heterocycles. The molecule has 0 radical (unpaired) electrons. The minimum Gasteiger partial charge on any atom is -0.369 e. The van der Waals surface area contributed by atoms with Gasteiger partial charge in [0.05, 0.1) is 0 Å². The maximum atomic E-state index is 11.7. The van der Waals surface area contributed by atoms with Crippen molar-refractivity contribution in [3.05, 3.63) is 71.8 Å². The second-order valence-corrected chi connectivity index (χ2v) is 7.00. The highest BCUT2D eigenvalue weighted by molar-refractivity contribution is 5.76.